The van der Waals surface area contributed by atoms with E-state index in [1.54, 1.807) is 48.5 Å². The van der Waals surface area contributed by atoms with Crippen molar-refractivity contribution >= 4 is 26.0 Å². The van der Waals surface area contributed by atoms with Crippen molar-refractivity contribution in [1.29, 1.82) is 0 Å². The van der Waals surface area contributed by atoms with Gasteiger partial charge in [0.15, 0.2) is 0 Å². The molecule has 0 radical (unpaired) electrons. The summed E-state index contributed by atoms with van der Waals surface area (Å²) < 4.78 is 55.7. The van der Waals surface area contributed by atoms with Crippen molar-refractivity contribution in [3.8, 4) is 0 Å². The Labute approximate surface area is 200 Å². The van der Waals surface area contributed by atoms with Gasteiger partial charge in [0.25, 0.3) is 15.9 Å². The van der Waals surface area contributed by atoms with Crippen molar-refractivity contribution in [3.05, 3.63) is 95.1 Å². The third kappa shape index (κ3) is 4.38. The van der Waals surface area contributed by atoms with E-state index in [1.807, 2.05) is 20.8 Å². The average molecular weight is 499 g/mol. The van der Waals surface area contributed by atoms with E-state index in [-0.39, 0.29) is 22.9 Å². The summed E-state index contributed by atoms with van der Waals surface area (Å²) in [6, 6.07) is 18.2. The molecule has 1 aliphatic heterocycles. The first-order valence-electron chi connectivity index (χ1n) is 10.8. The molecule has 1 atom stereocenters. The van der Waals surface area contributed by atoms with Crippen molar-refractivity contribution in [3.63, 3.8) is 0 Å². The van der Waals surface area contributed by atoms with Gasteiger partial charge in [-0.3, -0.25) is 4.79 Å². The van der Waals surface area contributed by atoms with E-state index in [2.05, 4.69) is 0 Å². The second kappa shape index (κ2) is 8.98. The molecule has 1 saturated heterocycles. The lowest BCUT2D eigenvalue weighted by Gasteiger charge is -2.39. The minimum Gasteiger partial charge on any atom is -0.272 e. The topological polar surface area (TPSA) is 91.8 Å². The third-order valence-electron chi connectivity index (χ3n) is 5.92. The van der Waals surface area contributed by atoms with E-state index in [0.29, 0.717) is 5.56 Å². The standard InChI is InChI=1S/C25H26N2O5S2/c1-18-4-10-21(11-5-18)24-25(28)27(34(31,32)23-14-8-20(3)9-15-23)17-16-26(24)33(29,30)22-12-6-19(2)7-13-22/h4-15,24H,16-17H2,1-3H3. The molecule has 0 spiro atoms. The molecule has 3 aromatic carbocycles. The number of rotatable bonds is 5. The number of piperazine rings is 1. The summed E-state index contributed by atoms with van der Waals surface area (Å²) in [4.78, 5) is 13.7. The number of carbonyl (C=O) groups excluding carboxylic acids is 1. The maximum absolute atomic E-state index is 13.7. The van der Waals surface area contributed by atoms with Gasteiger partial charge < -0.3 is 0 Å². The zero-order valence-corrected chi connectivity index (χ0v) is 20.8. The molecule has 0 aromatic heterocycles. The molecule has 34 heavy (non-hydrogen) atoms. The molecule has 0 aliphatic carbocycles. The molecule has 1 unspecified atom stereocenters. The Kier molecular flexibility index (Phi) is 6.37. The number of carbonyl (C=O) groups is 1. The molecule has 0 N–H and O–H groups in total. The molecular formula is C25H26N2O5S2. The van der Waals surface area contributed by atoms with E-state index in [0.717, 1.165) is 25.3 Å². The van der Waals surface area contributed by atoms with Crippen LogP contribution in [0.15, 0.2) is 82.6 Å². The lowest BCUT2D eigenvalue weighted by atomic mass is 10.0. The summed E-state index contributed by atoms with van der Waals surface area (Å²) in [6.07, 6.45) is 0. The monoisotopic (exact) mass is 498 g/mol. The van der Waals surface area contributed by atoms with Gasteiger partial charge in [-0.05, 0) is 50.6 Å². The van der Waals surface area contributed by atoms with Gasteiger partial charge in [-0.1, -0.05) is 65.2 Å². The van der Waals surface area contributed by atoms with Crippen LogP contribution in [0.3, 0.4) is 0 Å². The second-order valence-corrected chi connectivity index (χ2v) is 12.2. The summed E-state index contributed by atoms with van der Waals surface area (Å²) in [5.41, 5.74) is 3.13. The predicted octanol–water partition coefficient (Wildman–Crippen LogP) is 3.57. The fourth-order valence-corrected chi connectivity index (χ4v) is 6.88. The first-order valence-corrected chi connectivity index (χ1v) is 13.7. The Morgan fingerprint density at radius 3 is 1.50 bits per heavy atom. The number of hydrogen-bond acceptors (Lipinski definition) is 5. The van der Waals surface area contributed by atoms with Crippen molar-refractivity contribution in [1.82, 2.24) is 8.61 Å². The molecule has 1 heterocycles. The molecule has 7 nitrogen and oxygen atoms in total. The highest BCUT2D eigenvalue weighted by Crippen LogP contribution is 2.34. The van der Waals surface area contributed by atoms with Crippen LogP contribution in [0, 0.1) is 20.8 Å². The van der Waals surface area contributed by atoms with Gasteiger partial charge in [-0.2, -0.15) is 4.31 Å². The van der Waals surface area contributed by atoms with Crippen LogP contribution in [0.25, 0.3) is 0 Å². The first-order chi connectivity index (χ1) is 16.0. The Bertz CT molecular complexity index is 1410. The van der Waals surface area contributed by atoms with Crippen LogP contribution in [0.2, 0.25) is 0 Å². The summed E-state index contributed by atoms with van der Waals surface area (Å²) in [5.74, 6) is -0.800. The smallest absolute Gasteiger partial charge is 0.266 e. The van der Waals surface area contributed by atoms with Gasteiger partial charge in [0.1, 0.15) is 6.04 Å². The molecular weight excluding hydrogens is 472 g/mol. The quantitative estimate of drug-likeness (QED) is 0.536. The van der Waals surface area contributed by atoms with Gasteiger partial charge in [0.2, 0.25) is 10.0 Å². The first kappa shape index (κ1) is 24.1. The zero-order valence-electron chi connectivity index (χ0n) is 19.2. The molecule has 1 amide bonds. The summed E-state index contributed by atoms with van der Waals surface area (Å²) in [6.45, 7) is 5.13. The van der Waals surface area contributed by atoms with Crippen LogP contribution >= 0.6 is 0 Å². The number of nitrogens with zero attached hydrogens (tertiary/aromatic N) is 2. The normalized spacial score (nSPS) is 17.7. The summed E-state index contributed by atoms with van der Waals surface area (Å²) in [7, 11) is -8.22. The van der Waals surface area contributed by atoms with Gasteiger partial charge in [-0.25, -0.2) is 21.1 Å². The highest BCUT2D eigenvalue weighted by atomic mass is 32.2. The van der Waals surface area contributed by atoms with Gasteiger partial charge in [0.05, 0.1) is 16.3 Å². The van der Waals surface area contributed by atoms with Crippen LogP contribution in [-0.2, 0) is 24.8 Å². The van der Waals surface area contributed by atoms with Crippen molar-refractivity contribution in [2.24, 2.45) is 0 Å². The zero-order chi connectivity index (χ0) is 24.7. The maximum atomic E-state index is 13.7. The Morgan fingerprint density at radius 2 is 1.03 bits per heavy atom. The summed E-state index contributed by atoms with van der Waals surface area (Å²) in [5, 5.41) is 0. The van der Waals surface area contributed by atoms with E-state index in [1.165, 1.54) is 24.3 Å². The number of hydrogen-bond donors (Lipinski definition) is 0. The minimum absolute atomic E-state index is 0.0102. The largest absolute Gasteiger partial charge is 0.272 e. The molecule has 1 fully saturated rings. The molecule has 9 heteroatoms. The number of benzene rings is 3. The molecule has 0 bridgehead atoms. The van der Waals surface area contributed by atoms with E-state index in [9.17, 15) is 21.6 Å². The van der Waals surface area contributed by atoms with Crippen molar-refractivity contribution < 1.29 is 21.6 Å². The second-order valence-electron chi connectivity index (χ2n) is 8.47. The maximum Gasteiger partial charge on any atom is 0.266 e. The number of amides is 1. The summed E-state index contributed by atoms with van der Waals surface area (Å²) >= 11 is 0. The molecule has 3 aromatic rings. The highest BCUT2D eigenvalue weighted by molar-refractivity contribution is 7.90. The predicted molar refractivity (Wildman–Crippen MR) is 129 cm³/mol. The molecule has 1 aliphatic rings. The van der Waals surface area contributed by atoms with E-state index < -0.39 is 32.0 Å². The van der Waals surface area contributed by atoms with E-state index >= 15 is 0 Å². The number of sulfonamides is 2. The van der Waals surface area contributed by atoms with Crippen molar-refractivity contribution in [2.45, 2.75) is 36.6 Å². The van der Waals surface area contributed by atoms with Gasteiger partial charge in [0, 0.05) is 6.54 Å². The number of aryl methyl sites for hydroxylation is 3. The Hall–Kier alpha value is -3.01. The highest BCUT2D eigenvalue weighted by Gasteiger charge is 2.46. The van der Waals surface area contributed by atoms with E-state index in [4.69, 9.17) is 0 Å². The van der Waals surface area contributed by atoms with Crippen LogP contribution in [0.5, 0.6) is 0 Å². The van der Waals surface area contributed by atoms with Crippen molar-refractivity contribution in [2.75, 3.05) is 13.1 Å². The minimum atomic E-state index is -4.15. The van der Waals surface area contributed by atoms with Crippen LogP contribution < -0.4 is 0 Å². The van der Waals surface area contributed by atoms with Crippen LogP contribution in [-0.4, -0.2) is 44.4 Å². The lowest BCUT2D eigenvalue weighted by molar-refractivity contribution is -0.133. The van der Waals surface area contributed by atoms with Crippen LogP contribution in [0.4, 0.5) is 0 Å². The SMILES string of the molecule is Cc1ccc(C2C(=O)N(S(=O)(=O)c3ccc(C)cc3)CCN2S(=O)(=O)c2ccc(C)cc2)cc1. The third-order valence-corrected chi connectivity index (χ3v) is 9.61. The Balaban J connectivity index is 1.80. The van der Waals surface area contributed by atoms with Gasteiger partial charge >= 0.3 is 0 Å². The van der Waals surface area contributed by atoms with Crippen LogP contribution in [0.1, 0.15) is 28.3 Å². The van der Waals surface area contributed by atoms with Gasteiger partial charge in [-0.15, -0.1) is 0 Å². The molecule has 4 rings (SSSR count). The lowest BCUT2D eigenvalue weighted by Crippen LogP contribution is -2.55. The molecule has 178 valence electrons. The average Bonchev–Trinajstić information content (AvgIpc) is 2.80. The fourth-order valence-electron chi connectivity index (χ4n) is 3.93. The Morgan fingerprint density at radius 1 is 0.618 bits per heavy atom. The fraction of sp³-hybridized carbons (Fsp3) is 0.240. The molecule has 0 saturated carbocycles.